The SMILES string of the molecule is CCCCOc1ccc(N2C(=O)NC(=O)/C(=C/c3ccc(OCCC)c(Cl)c3)C2=O)cc1. The average Bonchev–Trinajstić information content (AvgIpc) is 2.77. The van der Waals surface area contributed by atoms with Gasteiger partial charge in [0.2, 0.25) is 0 Å². The van der Waals surface area contributed by atoms with Gasteiger partial charge < -0.3 is 9.47 Å². The molecule has 0 bridgehead atoms. The van der Waals surface area contributed by atoms with E-state index >= 15 is 0 Å². The summed E-state index contributed by atoms with van der Waals surface area (Å²) in [6.45, 7) is 5.17. The van der Waals surface area contributed by atoms with Gasteiger partial charge in [-0.15, -0.1) is 0 Å². The van der Waals surface area contributed by atoms with Crippen LogP contribution in [0.4, 0.5) is 10.5 Å². The minimum Gasteiger partial charge on any atom is -0.494 e. The number of rotatable bonds is 9. The molecule has 1 aliphatic heterocycles. The van der Waals surface area contributed by atoms with E-state index in [2.05, 4.69) is 12.2 Å². The van der Waals surface area contributed by atoms with E-state index in [-0.39, 0.29) is 5.57 Å². The van der Waals surface area contributed by atoms with Gasteiger partial charge in [0.05, 0.1) is 23.9 Å². The highest BCUT2D eigenvalue weighted by atomic mass is 35.5. The fourth-order valence-electron chi connectivity index (χ4n) is 3.02. The number of barbiturate groups is 1. The molecule has 4 amide bonds. The molecule has 0 aromatic heterocycles. The van der Waals surface area contributed by atoms with Crippen molar-refractivity contribution in [2.75, 3.05) is 18.1 Å². The summed E-state index contributed by atoms with van der Waals surface area (Å²) in [7, 11) is 0. The largest absolute Gasteiger partial charge is 0.494 e. The normalized spacial score (nSPS) is 15.2. The number of hydrogen-bond acceptors (Lipinski definition) is 5. The van der Waals surface area contributed by atoms with Gasteiger partial charge in [0.15, 0.2) is 0 Å². The molecule has 0 aliphatic carbocycles. The molecule has 0 radical (unpaired) electrons. The van der Waals surface area contributed by atoms with Crippen LogP contribution in [0.3, 0.4) is 0 Å². The number of unbranched alkanes of at least 4 members (excludes halogenated alkanes) is 1. The quantitative estimate of drug-likeness (QED) is 0.327. The maximum atomic E-state index is 13.0. The fraction of sp³-hybridized carbons (Fsp3) is 0.292. The lowest BCUT2D eigenvalue weighted by Crippen LogP contribution is -2.54. The molecule has 168 valence electrons. The molecule has 2 aromatic carbocycles. The second kappa shape index (κ2) is 10.8. The molecule has 0 atom stereocenters. The van der Waals surface area contributed by atoms with Gasteiger partial charge in [-0.25, -0.2) is 9.69 Å². The maximum absolute atomic E-state index is 13.0. The Labute approximate surface area is 191 Å². The number of carbonyl (C=O) groups is 3. The Balaban J connectivity index is 1.83. The minimum absolute atomic E-state index is 0.175. The van der Waals surface area contributed by atoms with Crippen LogP contribution in [0.5, 0.6) is 11.5 Å². The molecular formula is C24H25ClN2O5. The average molecular weight is 457 g/mol. The summed E-state index contributed by atoms with van der Waals surface area (Å²) in [6, 6.07) is 10.7. The Kier molecular flexibility index (Phi) is 7.89. The number of anilines is 1. The predicted octanol–water partition coefficient (Wildman–Crippen LogP) is 4.97. The van der Waals surface area contributed by atoms with E-state index < -0.39 is 17.8 Å². The second-order valence-electron chi connectivity index (χ2n) is 7.19. The van der Waals surface area contributed by atoms with E-state index in [0.717, 1.165) is 24.2 Å². The van der Waals surface area contributed by atoms with Crippen LogP contribution in [0, 0.1) is 0 Å². The van der Waals surface area contributed by atoms with Crippen LogP contribution in [0.2, 0.25) is 5.02 Å². The molecule has 1 N–H and O–H groups in total. The smallest absolute Gasteiger partial charge is 0.335 e. The van der Waals surface area contributed by atoms with E-state index in [9.17, 15) is 14.4 Å². The van der Waals surface area contributed by atoms with Crippen molar-refractivity contribution >= 4 is 41.2 Å². The zero-order valence-electron chi connectivity index (χ0n) is 18.0. The number of halogens is 1. The van der Waals surface area contributed by atoms with Crippen LogP contribution in [0.25, 0.3) is 6.08 Å². The van der Waals surface area contributed by atoms with Gasteiger partial charge in [0.25, 0.3) is 11.8 Å². The van der Waals surface area contributed by atoms with Crippen LogP contribution in [-0.2, 0) is 9.59 Å². The summed E-state index contributed by atoms with van der Waals surface area (Å²) in [5.41, 5.74) is 0.688. The van der Waals surface area contributed by atoms with E-state index in [4.69, 9.17) is 21.1 Å². The molecule has 3 rings (SSSR count). The first-order valence-electron chi connectivity index (χ1n) is 10.5. The van der Waals surface area contributed by atoms with Crippen molar-refractivity contribution in [3.05, 3.63) is 58.6 Å². The van der Waals surface area contributed by atoms with Crippen LogP contribution < -0.4 is 19.7 Å². The number of amides is 4. The summed E-state index contributed by atoms with van der Waals surface area (Å²) < 4.78 is 11.2. The summed E-state index contributed by atoms with van der Waals surface area (Å²) in [6.07, 6.45) is 4.19. The van der Waals surface area contributed by atoms with E-state index in [1.807, 2.05) is 6.92 Å². The van der Waals surface area contributed by atoms with Crippen molar-refractivity contribution in [1.82, 2.24) is 5.32 Å². The number of nitrogens with one attached hydrogen (secondary N) is 1. The highest BCUT2D eigenvalue weighted by Crippen LogP contribution is 2.28. The second-order valence-corrected chi connectivity index (χ2v) is 7.60. The zero-order valence-corrected chi connectivity index (χ0v) is 18.8. The highest BCUT2D eigenvalue weighted by Gasteiger charge is 2.36. The third kappa shape index (κ3) is 5.48. The van der Waals surface area contributed by atoms with Crippen molar-refractivity contribution in [3.8, 4) is 11.5 Å². The Bertz CT molecular complexity index is 1030. The number of benzene rings is 2. The van der Waals surface area contributed by atoms with Crippen molar-refractivity contribution in [2.24, 2.45) is 0 Å². The first kappa shape index (κ1) is 23.3. The van der Waals surface area contributed by atoms with Crippen LogP contribution in [-0.4, -0.2) is 31.1 Å². The number of urea groups is 1. The zero-order chi connectivity index (χ0) is 23.1. The number of imide groups is 2. The monoisotopic (exact) mass is 456 g/mol. The number of ether oxygens (including phenoxy) is 2. The van der Waals surface area contributed by atoms with Crippen molar-refractivity contribution in [1.29, 1.82) is 0 Å². The van der Waals surface area contributed by atoms with Crippen molar-refractivity contribution in [3.63, 3.8) is 0 Å². The molecule has 1 fully saturated rings. The number of carbonyl (C=O) groups excluding carboxylic acids is 3. The summed E-state index contributed by atoms with van der Waals surface area (Å²) in [5.74, 6) is -0.328. The van der Waals surface area contributed by atoms with Gasteiger partial charge in [0, 0.05) is 0 Å². The molecular weight excluding hydrogens is 432 g/mol. The fourth-order valence-corrected chi connectivity index (χ4v) is 3.26. The minimum atomic E-state index is -0.807. The first-order chi connectivity index (χ1) is 15.4. The van der Waals surface area contributed by atoms with Crippen molar-refractivity contribution in [2.45, 2.75) is 33.1 Å². The topological polar surface area (TPSA) is 84.9 Å². The lowest BCUT2D eigenvalue weighted by molar-refractivity contribution is -0.122. The summed E-state index contributed by atoms with van der Waals surface area (Å²) >= 11 is 6.25. The Hall–Kier alpha value is -3.32. The molecule has 1 heterocycles. The molecule has 32 heavy (non-hydrogen) atoms. The highest BCUT2D eigenvalue weighted by molar-refractivity contribution is 6.39. The van der Waals surface area contributed by atoms with Crippen LogP contribution in [0.1, 0.15) is 38.7 Å². The third-order valence-electron chi connectivity index (χ3n) is 4.69. The van der Waals surface area contributed by atoms with Gasteiger partial charge in [0.1, 0.15) is 17.1 Å². The first-order valence-corrected chi connectivity index (χ1v) is 10.9. The van der Waals surface area contributed by atoms with Gasteiger partial charge in [-0.05, 0) is 60.9 Å². The molecule has 7 nitrogen and oxygen atoms in total. The van der Waals surface area contributed by atoms with E-state index in [1.54, 1.807) is 42.5 Å². The number of nitrogens with zero attached hydrogens (tertiary/aromatic N) is 1. The third-order valence-corrected chi connectivity index (χ3v) is 4.99. The molecule has 1 saturated heterocycles. The van der Waals surface area contributed by atoms with Gasteiger partial charge in [-0.2, -0.15) is 0 Å². The Morgan fingerprint density at radius 3 is 2.38 bits per heavy atom. The maximum Gasteiger partial charge on any atom is 0.335 e. The molecule has 0 saturated carbocycles. The van der Waals surface area contributed by atoms with Gasteiger partial charge in [-0.1, -0.05) is 37.9 Å². The summed E-state index contributed by atoms with van der Waals surface area (Å²) in [4.78, 5) is 38.7. The van der Waals surface area contributed by atoms with Crippen LogP contribution >= 0.6 is 11.6 Å². The number of hydrogen-bond donors (Lipinski definition) is 1. The molecule has 0 unspecified atom stereocenters. The lowest BCUT2D eigenvalue weighted by Gasteiger charge is -2.26. The van der Waals surface area contributed by atoms with E-state index in [0.29, 0.717) is 41.0 Å². The van der Waals surface area contributed by atoms with Crippen molar-refractivity contribution < 1.29 is 23.9 Å². The summed E-state index contributed by atoms with van der Waals surface area (Å²) in [5, 5.41) is 2.57. The molecule has 1 aliphatic rings. The molecule has 8 heteroatoms. The van der Waals surface area contributed by atoms with Crippen LogP contribution in [0.15, 0.2) is 48.0 Å². The molecule has 0 spiro atoms. The van der Waals surface area contributed by atoms with E-state index in [1.165, 1.54) is 6.08 Å². The van der Waals surface area contributed by atoms with Gasteiger partial charge in [-0.3, -0.25) is 14.9 Å². The lowest BCUT2D eigenvalue weighted by atomic mass is 10.1. The standard InChI is InChI=1S/C24H25ClN2O5/c1-3-5-13-31-18-9-7-17(8-10-18)27-23(29)19(22(28)26-24(27)30)14-16-6-11-21(20(25)15-16)32-12-4-2/h6-11,14-15H,3-5,12-13H2,1-2H3,(H,26,28,30)/b19-14-. The Morgan fingerprint density at radius 1 is 0.969 bits per heavy atom. The Morgan fingerprint density at radius 2 is 1.72 bits per heavy atom. The predicted molar refractivity (Wildman–Crippen MR) is 123 cm³/mol. The molecule has 2 aromatic rings. The van der Waals surface area contributed by atoms with Gasteiger partial charge >= 0.3 is 6.03 Å².